The van der Waals surface area contributed by atoms with Gasteiger partial charge in [-0.3, -0.25) is 4.79 Å². The predicted molar refractivity (Wildman–Crippen MR) is 48.4 cm³/mol. The predicted octanol–water partition coefficient (Wildman–Crippen LogP) is 2.65. The second kappa shape index (κ2) is 4.67. The van der Waals surface area contributed by atoms with Gasteiger partial charge < -0.3 is 0 Å². The maximum atomic E-state index is 10.8. The van der Waals surface area contributed by atoms with Gasteiger partial charge in [-0.1, -0.05) is 30.4 Å². The van der Waals surface area contributed by atoms with Gasteiger partial charge in [0.15, 0.2) is 5.78 Å². The van der Waals surface area contributed by atoms with E-state index in [9.17, 15) is 4.79 Å². The Bertz CT molecular complexity index is 215. The van der Waals surface area contributed by atoms with Crippen LogP contribution in [0.25, 0.3) is 0 Å². The average Bonchev–Trinajstić information content (AvgIpc) is 1.87. The zero-order valence-corrected chi connectivity index (χ0v) is 7.35. The van der Waals surface area contributed by atoms with Crippen molar-refractivity contribution in [3.63, 3.8) is 0 Å². The normalized spacial score (nSPS) is 10.6. The first-order chi connectivity index (χ1) is 5.07. The molecule has 0 saturated carbocycles. The van der Waals surface area contributed by atoms with Gasteiger partial charge in [0.05, 0.1) is 0 Å². The summed E-state index contributed by atoms with van der Waals surface area (Å²) < 4.78 is 0. The standard InChI is InChI=1S/C10H14O/c1-5-10(9(4)11)7-6-8(2)3/h5-7H,1H2,2-4H3/b10-7+. The van der Waals surface area contributed by atoms with Gasteiger partial charge in [0.2, 0.25) is 0 Å². The van der Waals surface area contributed by atoms with Crippen molar-refractivity contribution in [2.45, 2.75) is 20.8 Å². The molecule has 0 amide bonds. The van der Waals surface area contributed by atoms with Crippen molar-refractivity contribution < 1.29 is 4.79 Å². The zero-order chi connectivity index (χ0) is 8.85. The third-order valence-corrected chi connectivity index (χ3v) is 1.22. The molecule has 0 unspecified atom stereocenters. The summed E-state index contributed by atoms with van der Waals surface area (Å²) in [5.74, 6) is 0.0532. The number of carbonyl (C=O) groups excluding carboxylic acids is 1. The Balaban J connectivity index is 4.50. The third-order valence-electron chi connectivity index (χ3n) is 1.22. The van der Waals surface area contributed by atoms with Crippen LogP contribution in [0, 0.1) is 0 Å². The van der Waals surface area contributed by atoms with E-state index in [-0.39, 0.29) is 5.78 Å². The second-order valence-electron chi connectivity index (χ2n) is 2.63. The monoisotopic (exact) mass is 150 g/mol. The average molecular weight is 150 g/mol. The van der Waals surface area contributed by atoms with Crippen molar-refractivity contribution in [3.05, 3.63) is 36.0 Å². The number of rotatable bonds is 3. The van der Waals surface area contributed by atoms with E-state index in [4.69, 9.17) is 0 Å². The van der Waals surface area contributed by atoms with Crippen molar-refractivity contribution in [3.8, 4) is 0 Å². The lowest BCUT2D eigenvalue weighted by atomic mass is 10.1. The van der Waals surface area contributed by atoms with Crippen molar-refractivity contribution >= 4 is 5.78 Å². The molecule has 0 aromatic carbocycles. The minimum absolute atomic E-state index is 0.0532. The lowest BCUT2D eigenvalue weighted by molar-refractivity contribution is -0.113. The highest BCUT2D eigenvalue weighted by molar-refractivity contribution is 5.96. The first-order valence-corrected chi connectivity index (χ1v) is 3.56. The van der Waals surface area contributed by atoms with E-state index in [1.54, 1.807) is 12.2 Å². The Kier molecular flexibility index (Phi) is 4.20. The Morgan fingerprint density at radius 3 is 2.00 bits per heavy atom. The number of hydrogen-bond acceptors (Lipinski definition) is 1. The van der Waals surface area contributed by atoms with E-state index in [1.807, 2.05) is 19.9 Å². The molecule has 0 spiro atoms. The van der Waals surface area contributed by atoms with Gasteiger partial charge in [0.1, 0.15) is 0 Å². The molecule has 0 heterocycles. The summed E-state index contributed by atoms with van der Waals surface area (Å²) in [6.45, 7) is 9.04. The number of ketones is 1. The van der Waals surface area contributed by atoms with Gasteiger partial charge in [0, 0.05) is 5.57 Å². The first-order valence-electron chi connectivity index (χ1n) is 3.56. The molecule has 0 bridgehead atoms. The fourth-order valence-electron chi connectivity index (χ4n) is 0.586. The zero-order valence-electron chi connectivity index (χ0n) is 7.35. The van der Waals surface area contributed by atoms with Gasteiger partial charge in [-0.15, -0.1) is 0 Å². The van der Waals surface area contributed by atoms with E-state index < -0.39 is 0 Å². The van der Waals surface area contributed by atoms with Crippen molar-refractivity contribution in [2.24, 2.45) is 0 Å². The molecule has 60 valence electrons. The summed E-state index contributed by atoms with van der Waals surface area (Å²) >= 11 is 0. The molecule has 0 aliphatic heterocycles. The molecule has 0 N–H and O–H groups in total. The lowest BCUT2D eigenvalue weighted by Crippen LogP contribution is -1.91. The molecule has 0 fully saturated rings. The molecular weight excluding hydrogens is 136 g/mol. The van der Waals surface area contributed by atoms with Gasteiger partial charge in [0.25, 0.3) is 0 Å². The molecule has 0 saturated heterocycles. The second-order valence-corrected chi connectivity index (χ2v) is 2.63. The summed E-state index contributed by atoms with van der Waals surface area (Å²) in [6, 6.07) is 0. The lowest BCUT2D eigenvalue weighted by Gasteiger charge is -1.91. The van der Waals surface area contributed by atoms with Gasteiger partial charge in [-0.05, 0) is 20.8 Å². The molecule has 11 heavy (non-hydrogen) atoms. The van der Waals surface area contributed by atoms with E-state index in [0.717, 1.165) is 0 Å². The van der Waals surface area contributed by atoms with Crippen LogP contribution in [0.15, 0.2) is 36.0 Å². The molecule has 1 heteroatoms. The number of hydrogen-bond donors (Lipinski definition) is 0. The Morgan fingerprint density at radius 1 is 1.18 bits per heavy atom. The minimum atomic E-state index is 0.0532. The molecule has 0 aliphatic rings. The van der Waals surface area contributed by atoms with Crippen LogP contribution in [-0.2, 0) is 4.79 Å². The van der Waals surface area contributed by atoms with Crippen LogP contribution in [0.5, 0.6) is 0 Å². The molecule has 0 aromatic rings. The number of carbonyl (C=O) groups is 1. The van der Waals surface area contributed by atoms with E-state index in [1.165, 1.54) is 12.5 Å². The number of Topliss-reactive ketones (excluding diaryl/α,β-unsaturated/α-hetero) is 1. The van der Waals surface area contributed by atoms with E-state index in [2.05, 4.69) is 6.58 Å². The molecule has 0 aromatic heterocycles. The highest BCUT2D eigenvalue weighted by atomic mass is 16.1. The highest BCUT2D eigenvalue weighted by Crippen LogP contribution is 1.99. The maximum absolute atomic E-state index is 10.8. The van der Waals surface area contributed by atoms with Crippen LogP contribution in [0.1, 0.15) is 20.8 Å². The van der Waals surface area contributed by atoms with Crippen molar-refractivity contribution in [2.75, 3.05) is 0 Å². The van der Waals surface area contributed by atoms with Crippen molar-refractivity contribution in [1.29, 1.82) is 0 Å². The Labute approximate surface area is 68.1 Å². The maximum Gasteiger partial charge on any atom is 0.159 e. The van der Waals surface area contributed by atoms with E-state index >= 15 is 0 Å². The SMILES string of the molecule is C=C/C(=C\C=C(C)C)C(C)=O. The van der Waals surface area contributed by atoms with Crippen LogP contribution in [-0.4, -0.2) is 5.78 Å². The van der Waals surface area contributed by atoms with Gasteiger partial charge in [-0.2, -0.15) is 0 Å². The molecular formula is C10H14O. The molecule has 1 nitrogen and oxygen atoms in total. The third kappa shape index (κ3) is 4.31. The smallest absolute Gasteiger partial charge is 0.159 e. The summed E-state index contributed by atoms with van der Waals surface area (Å²) in [4.78, 5) is 10.8. The molecule has 0 radical (unpaired) electrons. The quantitative estimate of drug-likeness (QED) is 0.446. The van der Waals surface area contributed by atoms with Crippen molar-refractivity contribution in [1.82, 2.24) is 0 Å². The van der Waals surface area contributed by atoms with Gasteiger partial charge in [-0.25, -0.2) is 0 Å². The number of allylic oxidation sites excluding steroid dienone is 5. The summed E-state index contributed by atoms with van der Waals surface area (Å²) in [5, 5.41) is 0. The highest BCUT2D eigenvalue weighted by Gasteiger charge is 1.94. The Hall–Kier alpha value is -1.11. The minimum Gasteiger partial charge on any atom is -0.295 e. The van der Waals surface area contributed by atoms with Gasteiger partial charge >= 0.3 is 0 Å². The fraction of sp³-hybridized carbons (Fsp3) is 0.300. The summed E-state index contributed by atoms with van der Waals surface area (Å²) in [7, 11) is 0. The molecule has 0 aliphatic carbocycles. The van der Waals surface area contributed by atoms with E-state index in [0.29, 0.717) is 5.57 Å². The summed E-state index contributed by atoms with van der Waals surface area (Å²) in [6.07, 6.45) is 5.25. The largest absolute Gasteiger partial charge is 0.295 e. The molecule has 0 atom stereocenters. The Morgan fingerprint density at radius 2 is 1.73 bits per heavy atom. The van der Waals surface area contributed by atoms with Crippen LogP contribution >= 0.6 is 0 Å². The van der Waals surface area contributed by atoms with Crippen LogP contribution in [0.3, 0.4) is 0 Å². The fourth-order valence-corrected chi connectivity index (χ4v) is 0.586. The summed E-state index contributed by atoms with van der Waals surface area (Å²) in [5.41, 5.74) is 1.83. The first kappa shape index (κ1) is 9.89. The molecule has 0 rings (SSSR count). The van der Waals surface area contributed by atoms with Crippen LogP contribution in [0.4, 0.5) is 0 Å². The van der Waals surface area contributed by atoms with Crippen LogP contribution < -0.4 is 0 Å². The van der Waals surface area contributed by atoms with Crippen LogP contribution in [0.2, 0.25) is 0 Å². The topological polar surface area (TPSA) is 17.1 Å².